The fourth-order valence-corrected chi connectivity index (χ4v) is 2.64. The summed E-state index contributed by atoms with van der Waals surface area (Å²) in [7, 11) is 4.87. The lowest BCUT2D eigenvalue weighted by Crippen LogP contribution is -2.27. The molecule has 6 heteroatoms. The Kier molecular flexibility index (Phi) is 7.08. The molecule has 0 bridgehead atoms. The second-order valence-corrected chi connectivity index (χ2v) is 4.92. The summed E-state index contributed by atoms with van der Waals surface area (Å²) in [5.74, 6) is 2.45. The number of hydrogen-bond donors (Lipinski definition) is 1. The van der Waals surface area contributed by atoms with Gasteiger partial charge >= 0.3 is 0 Å². The van der Waals surface area contributed by atoms with Gasteiger partial charge in [-0.3, -0.25) is 0 Å². The van der Waals surface area contributed by atoms with E-state index in [0.29, 0.717) is 17.4 Å². The molecular formula is C15H24ClNO4. The fraction of sp³-hybridized carbons (Fsp3) is 0.600. The Hall–Kier alpha value is -1.17. The molecule has 2 N–H and O–H groups in total. The average Bonchev–Trinajstić information content (AvgIpc) is 2.53. The molecule has 5 nitrogen and oxygen atoms in total. The van der Waals surface area contributed by atoms with Crippen LogP contribution in [0.3, 0.4) is 0 Å². The van der Waals surface area contributed by atoms with Gasteiger partial charge in [-0.15, -0.1) is 12.4 Å². The molecular weight excluding hydrogens is 294 g/mol. The van der Waals surface area contributed by atoms with Crippen LogP contribution in [0.15, 0.2) is 12.1 Å². The zero-order chi connectivity index (χ0) is 14.5. The summed E-state index contributed by atoms with van der Waals surface area (Å²) in [5, 5.41) is 0. The normalized spacial score (nSPS) is 16.8. The Bertz CT molecular complexity index is 450. The first-order valence-electron chi connectivity index (χ1n) is 6.84. The maximum atomic E-state index is 6.43. The summed E-state index contributed by atoms with van der Waals surface area (Å²) in [6, 6.07) is 3.65. The maximum Gasteiger partial charge on any atom is 0.164 e. The van der Waals surface area contributed by atoms with E-state index in [0.717, 1.165) is 37.4 Å². The van der Waals surface area contributed by atoms with E-state index in [4.69, 9.17) is 24.7 Å². The molecule has 0 aromatic heterocycles. The van der Waals surface area contributed by atoms with Gasteiger partial charge in [-0.25, -0.2) is 0 Å². The zero-order valence-corrected chi connectivity index (χ0v) is 13.6. The lowest BCUT2D eigenvalue weighted by atomic mass is 9.87. The molecule has 1 aliphatic heterocycles. The highest BCUT2D eigenvalue weighted by Crippen LogP contribution is 2.40. The van der Waals surface area contributed by atoms with Gasteiger partial charge in [-0.05, 0) is 24.8 Å². The first kappa shape index (κ1) is 17.9. The van der Waals surface area contributed by atoms with Gasteiger partial charge in [0.15, 0.2) is 11.5 Å². The molecule has 1 saturated heterocycles. The van der Waals surface area contributed by atoms with Crippen molar-refractivity contribution in [1.29, 1.82) is 0 Å². The lowest BCUT2D eigenvalue weighted by Gasteiger charge is -2.29. The summed E-state index contributed by atoms with van der Waals surface area (Å²) in [6.07, 6.45) is 1.94. The maximum absolute atomic E-state index is 6.43. The number of rotatable bonds is 5. The Morgan fingerprint density at radius 1 is 1.00 bits per heavy atom. The van der Waals surface area contributed by atoms with Crippen LogP contribution in [0.25, 0.3) is 0 Å². The minimum Gasteiger partial charge on any atom is -0.496 e. The predicted octanol–water partition coefficient (Wildman–Crippen LogP) is 2.56. The smallest absolute Gasteiger partial charge is 0.164 e. The predicted molar refractivity (Wildman–Crippen MR) is 83.8 cm³/mol. The third-order valence-electron chi connectivity index (χ3n) is 3.87. The van der Waals surface area contributed by atoms with Crippen molar-refractivity contribution in [1.82, 2.24) is 0 Å². The van der Waals surface area contributed by atoms with Crippen molar-refractivity contribution in [3.05, 3.63) is 17.7 Å². The molecule has 1 aromatic rings. The minimum absolute atomic E-state index is 0. The second-order valence-electron chi connectivity index (χ2n) is 4.92. The van der Waals surface area contributed by atoms with E-state index < -0.39 is 0 Å². The van der Waals surface area contributed by atoms with E-state index in [1.165, 1.54) is 0 Å². The molecule has 0 unspecified atom stereocenters. The molecule has 21 heavy (non-hydrogen) atoms. The molecule has 120 valence electrons. The Morgan fingerprint density at radius 3 is 2.05 bits per heavy atom. The molecule has 0 amide bonds. The first-order valence-corrected chi connectivity index (χ1v) is 6.84. The van der Waals surface area contributed by atoms with Crippen molar-refractivity contribution in [2.24, 2.45) is 11.7 Å². The number of ether oxygens (including phenoxy) is 4. The van der Waals surface area contributed by atoms with Crippen LogP contribution < -0.4 is 19.9 Å². The van der Waals surface area contributed by atoms with E-state index in [1.54, 1.807) is 21.3 Å². The summed E-state index contributed by atoms with van der Waals surface area (Å²) in [6.45, 7) is 1.54. The highest BCUT2D eigenvalue weighted by molar-refractivity contribution is 5.85. The highest BCUT2D eigenvalue weighted by atomic mass is 35.5. The molecule has 1 fully saturated rings. The third-order valence-corrected chi connectivity index (χ3v) is 3.87. The van der Waals surface area contributed by atoms with Crippen LogP contribution >= 0.6 is 12.4 Å². The van der Waals surface area contributed by atoms with Crippen LogP contribution in [-0.4, -0.2) is 34.5 Å². The molecule has 2 rings (SSSR count). The average molecular weight is 318 g/mol. The Labute approximate surface area is 132 Å². The molecule has 0 radical (unpaired) electrons. The van der Waals surface area contributed by atoms with Crippen molar-refractivity contribution >= 4 is 12.4 Å². The van der Waals surface area contributed by atoms with Crippen LogP contribution in [0.1, 0.15) is 24.4 Å². The second kappa shape index (κ2) is 8.32. The number of halogens is 1. The van der Waals surface area contributed by atoms with Gasteiger partial charge in [0.1, 0.15) is 5.75 Å². The lowest BCUT2D eigenvalue weighted by molar-refractivity contribution is 0.0581. The number of methoxy groups -OCH3 is 3. The van der Waals surface area contributed by atoms with Gasteiger partial charge in [-0.2, -0.15) is 0 Å². The molecule has 1 aromatic carbocycles. The Morgan fingerprint density at radius 2 is 1.52 bits per heavy atom. The summed E-state index contributed by atoms with van der Waals surface area (Å²) in [4.78, 5) is 0. The number of hydrogen-bond acceptors (Lipinski definition) is 5. The van der Waals surface area contributed by atoms with Gasteiger partial charge in [0.05, 0.1) is 21.3 Å². The van der Waals surface area contributed by atoms with E-state index in [1.807, 2.05) is 12.1 Å². The molecule has 0 saturated carbocycles. The van der Waals surface area contributed by atoms with Gasteiger partial charge in [0, 0.05) is 30.9 Å². The standard InChI is InChI=1S/C15H23NO4.ClH/c1-17-12-9-14(19-3)13(18-2)8-11(12)15(16)10-4-6-20-7-5-10;/h8-10,15H,4-7,16H2,1-3H3;1H/t15-;/m0./s1. The topological polar surface area (TPSA) is 62.9 Å². The van der Waals surface area contributed by atoms with Crippen molar-refractivity contribution in [3.8, 4) is 17.2 Å². The largest absolute Gasteiger partial charge is 0.496 e. The van der Waals surface area contributed by atoms with Crippen LogP contribution in [-0.2, 0) is 4.74 Å². The Balaban J connectivity index is 0.00000220. The van der Waals surface area contributed by atoms with Crippen LogP contribution in [0, 0.1) is 5.92 Å². The summed E-state index contributed by atoms with van der Waals surface area (Å²) < 4.78 is 21.5. The van der Waals surface area contributed by atoms with E-state index in [9.17, 15) is 0 Å². The van der Waals surface area contributed by atoms with E-state index >= 15 is 0 Å². The van der Waals surface area contributed by atoms with Crippen LogP contribution in [0.4, 0.5) is 0 Å². The minimum atomic E-state index is -0.0892. The molecule has 1 heterocycles. The van der Waals surface area contributed by atoms with Gasteiger partial charge in [0.2, 0.25) is 0 Å². The van der Waals surface area contributed by atoms with Crippen molar-refractivity contribution < 1.29 is 18.9 Å². The van der Waals surface area contributed by atoms with Crippen LogP contribution in [0.2, 0.25) is 0 Å². The van der Waals surface area contributed by atoms with Crippen molar-refractivity contribution in [2.45, 2.75) is 18.9 Å². The van der Waals surface area contributed by atoms with E-state index in [-0.39, 0.29) is 18.4 Å². The quantitative estimate of drug-likeness (QED) is 0.904. The summed E-state index contributed by atoms with van der Waals surface area (Å²) >= 11 is 0. The zero-order valence-electron chi connectivity index (χ0n) is 12.8. The number of benzene rings is 1. The highest BCUT2D eigenvalue weighted by Gasteiger charge is 2.26. The molecule has 0 spiro atoms. The van der Waals surface area contributed by atoms with Crippen molar-refractivity contribution in [3.63, 3.8) is 0 Å². The van der Waals surface area contributed by atoms with Gasteiger partial charge in [-0.1, -0.05) is 0 Å². The first-order chi connectivity index (χ1) is 9.71. The van der Waals surface area contributed by atoms with Crippen molar-refractivity contribution in [2.75, 3.05) is 34.5 Å². The molecule has 1 atom stereocenters. The van der Waals surface area contributed by atoms with E-state index in [2.05, 4.69) is 0 Å². The third kappa shape index (κ3) is 3.93. The molecule has 1 aliphatic rings. The SMILES string of the molecule is COc1cc(OC)c([C@@H](N)C2CCOCC2)cc1OC.Cl. The van der Waals surface area contributed by atoms with Crippen LogP contribution in [0.5, 0.6) is 17.2 Å². The van der Waals surface area contributed by atoms with Gasteiger partial charge < -0.3 is 24.7 Å². The fourth-order valence-electron chi connectivity index (χ4n) is 2.64. The van der Waals surface area contributed by atoms with Gasteiger partial charge in [0.25, 0.3) is 0 Å². The monoisotopic (exact) mass is 317 g/mol. The summed E-state index contributed by atoms with van der Waals surface area (Å²) in [5.41, 5.74) is 7.38. The number of nitrogens with two attached hydrogens (primary N) is 1. The molecule has 0 aliphatic carbocycles.